The number of unbranched alkanes of at least 4 members (excludes halogenated alkanes) is 1. The second-order valence-electron chi connectivity index (χ2n) is 4.32. The van der Waals surface area contributed by atoms with Gasteiger partial charge in [0, 0.05) is 0 Å². The van der Waals surface area contributed by atoms with Crippen molar-refractivity contribution in [1.29, 1.82) is 0 Å². The van der Waals surface area contributed by atoms with E-state index in [0.29, 0.717) is 6.42 Å². The minimum Gasteiger partial charge on any atom is -0.342 e. The van der Waals surface area contributed by atoms with Crippen molar-refractivity contribution in [3.05, 3.63) is 0 Å². The van der Waals surface area contributed by atoms with Gasteiger partial charge in [-0.2, -0.15) is 22.0 Å². The first-order chi connectivity index (χ1) is 8.87. The molecule has 20 heavy (non-hydrogen) atoms. The predicted molar refractivity (Wildman–Crippen MR) is 68.3 cm³/mol. The number of ether oxygens (including phenoxy) is 1. The molecule has 0 fully saturated rings. The molecule has 10 heteroatoms. The second-order valence-corrected chi connectivity index (χ2v) is 11.3. The molecule has 0 rings (SSSR count). The summed E-state index contributed by atoms with van der Waals surface area (Å²) in [7, 11) is 0. The third-order valence-electron chi connectivity index (χ3n) is 2.58. The molecule has 0 aromatic heterocycles. The molecule has 0 spiro atoms. The van der Waals surface area contributed by atoms with Crippen LogP contribution in [0.25, 0.3) is 0 Å². The van der Waals surface area contributed by atoms with Crippen LogP contribution in [0.5, 0.6) is 0 Å². The second kappa shape index (κ2) is 7.06. The zero-order chi connectivity index (χ0) is 16.2. The molecule has 0 heterocycles. The van der Waals surface area contributed by atoms with Crippen molar-refractivity contribution in [1.82, 2.24) is 0 Å². The maximum Gasteiger partial charge on any atom is 0.459 e. The topological polar surface area (TPSA) is 9.23 Å². The number of hydrogen-bond donors (Lipinski definition) is 0. The maximum absolute atomic E-state index is 14.5. The Morgan fingerprint density at radius 2 is 1.45 bits per heavy atom. The molecular formula is C10H16Cl2F6OSi. The fraction of sp³-hybridized carbons (Fsp3) is 1.00. The van der Waals surface area contributed by atoms with Gasteiger partial charge in [-0.1, -0.05) is 26.7 Å². The van der Waals surface area contributed by atoms with Crippen LogP contribution < -0.4 is 0 Å². The lowest BCUT2D eigenvalue weighted by Gasteiger charge is -2.40. The first kappa shape index (κ1) is 20.3. The maximum atomic E-state index is 14.5. The van der Waals surface area contributed by atoms with E-state index < -0.39 is 36.9 Å². The summed E-state index contributed by atoms with van der Waals surface area (Å²) in [6, 6.07) is -0.460. The molecule has 0 aromatic rings. The highest BCUT2D eigenvalue weighted by molar-refractivity contribution is 7.46. The highest BCUT2D eigenvalue weighted by Gasteiger charge is 2.79. The summed E-state index contributed by atoms with van der Waals surface area (Å²) in [6.45, 7) is -2.23. The Hall–Kier alpha value is 0.337. The highest BCUT2D eigenvalue weighted by atomic mass is 35.7. The average Bonchev–Trinajstić information content (AvgIpc) is 2.31. The van der Waals surface area contributed by atoms with Gasteiger partial charge in [0.25, 0.3) is 5.48 Å². The lowest BCUT2D eigenvalue weighted by atomic mass is 10.3. The SMILES string of the molecule is CCCC[Si](Cl)(Cl)C(F)(OCCC)C(F)(F)C(F)(F)F. The average molecular weight is 365 g/mol. The lowest BCUT2D eigenvalue weighted by molar-refractivity contribution is -0.358. The summed E-state index contributed by atoms with van der Waals surface area (Å²) in [6.07, 6.45) is -5.53. The van der Waals surface area contributed by atoms with Gasteiger partial charge in [-0.05, 0) is 12.5 Å². The molecule has 0 N–H and O–H groups in total. The third-order valence-corrected chi connectivity index (χ3v) is 7.55. The van der Waals surface area contributed by atoms with Crippen LogP contribution in [0.1, 0.15) is 33.1 Å². The van der Waals surface area contributed by atoms with Crippen LogP contribution in [-0.4, -0.2) is 30.9 Å². The van der Waals surface area contributed by atoms with E-state index >= 15 is 0 Å². The van der Waals surface area contributed by atoms with Gasteiger partial charge in [0.05, 0.1) is 6.61 Å². The third kappa shape index (κ3) is 3.95. The van der Waals surface area contributed by atoms with Gasteiger partial charge in [-0.25, -0.2) is 4.39 Å². The molecule has 0 bridgehead atoms. The van der Waals surface area contributed by atoms with Crippen molar-refractivity contribution in [3.63, 3.8) is 0 Å². The molecule has 0 amide bonds. The van der Waals surface area contributed by atoms with Crippen LogP contribution in [-0.2, 0) is 4.74 Å². The van der Waals surface area contributed by atoms with Gasteiger partial charge in [-0.15, -0.1) is 22.2 Å². The molecule has 1 nitrogen and oxygen atoms in total. The smallest absolute Gasteiger partial charge is 0.342 e. The molecule has 1 atom stereocenters. The largest absolute Gasteiger partial charge is 0.459 e. The van der Waals surface area contributed by atoms with E-state index in [1.807, 2.05) is 0 Å². The number of hydrogen-bond acceptors (Lipinski definition) is 1. The van der Waals surface area contributed by atoms with Crippen LogP contribution in [0.3, 0.4) is 0 Å². The molecule has 0 aliphatic carbocycles. The Kier molecular flexibility index (Phi) is 7.18. The van der Waals surface area contributed by atoms with E-state index in [1.54, 1.807) is 6.92 Å². The van der Waals surface area contributed by atoms with E-state index in [9.17, 15) is 26.3 Å². The molecule has 122 valence electrons. The predicted octanol–water partition coefficient (Wildman–Crippen LogP) is 5.54. The summed E-state index contributed by atoms with van der Waals surface area (Å²) >= 11 is 11.1. The Bertz CT molecular complexity index is 313. The molecule has 1 unspecified atom stereocenters. The van der Waals surface area contributed by atoms with Gasteiger partial charge < -0.3 is 4.74 Å². The number of alkyl halides is 6. The highest BCUT2D eigenvalue weighted by Crippen LogP contribution is 2.54. The van der Waals surface area contributed by atoms with Crippen molar-refractivity contribution in [3.8, 4) is 0 Å². The molecule has 0 saturated heterocycles. The van der Waals surface area contributed by atoms with Gasteiger partial charge in [0.1, 0.15) is 0 Å². The van der Waals surface area contributed by atoms with E-state index in [1.165, 1.54) is 6.92 Å². The minimum absolute atomic E-state index is 0.0473. The van der Waals surface area contributed by atoms with Crippen molar-refractivity contribution in [2.24, 2.45) is 0 Å². The fourth-order valence-corrected chi connectivity index (χ4v) is 5.29. The Balaban J connectivity index is 5.61. The van der Waals surface area contributed by atoms with Crippen molar-refractivity contribution in [2.75, 3.05) is 6.61 Å². The summed E-state index contributed by atoms with van der Waals surface area (Å²) in [5, 5.41) is 0. The van der Waals surface area contributed by atoms with Crippen molar-refractivity contribution in [2.45, 2.75) is 56.7 Å². The monoisotopic (exact) mass is 364 g/mol. The Labute approximate surface area is 124 Å². The number of halogens is 8. The van der Waals surface area contributed by atoms with E-state index in [4.69, 9.17) is 22.2 Å². The standard InChI is InChI=1S/C10H16Cl2F6OSi/c1-3-5-7-20(11,12)10(18,19-6-4-2)8(13,14)9(15,16)17/h3-7H2,1-2H3. The molecule has 0 aliphatic rings. The zero-order valence-electron chi connectivity index (χ0n) is 11.0. The fourth-order valence-electron chi connectivity index (χ4n) is 1.41. The quantitative estimate of drug-likeness (QED) is 0.312. The van der Waals surface area contributed by atoms with Gasteiger partial charge in [0.15, 0.2) is 0 Å². The van der Waals surface area contributed by atoms with E-state index in [-0.39, 0.29) is 12.8 Å². The van der Waals surface area contributed by atoms with E-state index in [2.05, 4.69) is 4.74 Å². The molecule has 0 aromatic carbocycles. The molecule has 0 radical (unpaired) electrons. The molecule has 0 saturated carbocycles. The number of rotatable bonds is 8. The van der Waals surface area contributed by atoms with Crippen LogP contribution in [0, 0.1) is 0 Å². The van der Waals surface area contributed by atoms with Gasteiger partial charge >= 0.3 is 18.8 Å². The molecule has 0 aliphatic heterocycles. The Morgan fingerprint density at radius 1 is 0.950 bits per heavy atom. The summed E-state index contributed by atoms with van der Waals surface area (Å²) < 4.78 is 82.9. The van der Waals surface area contributed by atoms with Gasteiger partial charge in [-0.3, -0.25) is 0 Å². The van der Waals surface area contributed by atoms with Crippen LogP contribution in [0.2, 0.25) is 6.04 Å². The first-order valence-corrected chi connectivity index (χ1v) is 10.3. The van der Waals surface area contributed by atoms with Crippen LogP contribution in [0.15, 0.2) is 0 Å². The van der Waals surface area contributed by atoms with Crippen molar-refractivity contribution >= 4 is 28.9 Å². The van der Waals surface area contributed by atoms with Crippen LogP contribution in [0.4, 0.5) is 26.3 Å². The van der Waals surface area contributed by atoms with E-state index in [0.717, 1.165) is 0 Å². The zero-order valence-corrected chi connectivity index (χ0v) is 13.5. The molecular weight excluding hydrogens is 349 g/mol. The minimum atomic E-state index is -6.14. The van der Waals surface area contributed by atoms with Gasteiger partial charge in [0.2, 0.25) is 0 Å². The lowest BCUT2D eigenvalue weighted by Crippen LogP contribution is -2.66. The summed E-state index contributed by atoms with van der Waals surface area (Å²) in [5.41, 5.74) is -4.41. The van der Waals surface area contributed by atoms with Crippen LogP contribution >= 0.6 is 22.2 Å². The normalized spacial score (nSPS) is 17.1. The van der Waals surface area contributed by atoms with Crippen molar-refractivity contribution < 1.29 is 31.1 Å². The summed E-state index contributed by atoms with van der Waals surface area (Å²) in [4.78, 5) is 0. The first-order valence-electron chi connectivity index (χ1n) is 6.02. The summed E-state index contributed by atoms with van der Waals surface area (Å²) in [5.74, 6) is -5.77. The Morgan fingerprint density at radius 3 is 1.80 bits per heavy atom.